The fourth-order valence-corrected chi connectivity index (χ4v) is 2.32. The minimum absolute atomic E-state index is 0.423. The van der Waals surface area contributed by atoms with E-state index in [1.165, 1.54) is 56.9 Å². The molecule has 0 aromatic carbocycles. The molecule has 1 aromatic rings. The van der Waals surface area contributed by atoms with Crippen LogP contribution in [0.3, 0.4) is 0 Å². The molecule has 3 nitrogen and oxygen atoms in total. The highest BCUT2D eigenvalue weighted by atomic mass is 14.9. The summed E-state index contributed by atoms with van der Waals surface area (Å²) in [4.78, 5) is 8.26. The van der Waals surface area contributed by atoms with Gasteiger partial charge in [0.25, 0.3) is 0 Å². The molecular weight excluding hydrogens is 234 g/mol. The average Bonchev–Trinajstić information content (AvgIpc) is 2.46. The SMILES string of the molecule is CCCCCCCCC(NCCC)c1cncnc1. The Labute approximate surface area is 118 Å². The summed E-state index contributed by atoms with van der Waals surface area (Å²) < 4.78 is 0. The minimum atomic E-state index is 0.423. The monoisotopic (exact) mass is 263 g/mol. The van der Waals surface area contributed by atoms with E-state index in [1.807, 2.05) is 12.4 Å². The highest BCUT2D eigenvalue weighted by molar-refractivity contribution is 5.08. The molecule has 0 aliphatic rings. The van der Waals surface area contributed by atoms with E-state index >= 15 is 0 Å². The first kappa shape index (κ1) is 16.1. The fraction of sp³-hybridized carbons (Fsp3) is 0.750. The Morgan fingerprint density at radius 1 is 0.947 bits per heavy atom. The number of unbranched alkanes of at least 4 members (excludes halogenated alkanes) is 5. The smallest absolute Gasteiger partial charge is 0.115 e. The van der Waals surface area contributed by atoms with Gasteiger partial charge in [0.15, 0.2) is 0 Å². The molecule has 19 heavy (non-hydrogen) atoms. The van der Waals surface area contributed by atoms with Gasteiger partial charge in [-0.15, -0.1) is 0 Å². The predicted molar refractivity (Wildman–Crippen MR) is 81.1 cm³/mol. The van der Waals surface area contributed by atoms with Crippen molar-refractivity contribution in [2.75, 3.05) is 6.54 Å². The quantitative estimate of drug-likeness (QED) is 0.606. The zero-order chi connectivity index (χ0) is 13.8. The molecule has 0 aliphatic heterocycles. The molecule has 1 heterocycles. The van der Waals surface area contributed by atoms with Crippen molar-refractivity contribution in [3.05, 3.63) is 24.3 Å². The van der Waals surface area contributed by atoms with Crippen LogP contribution in [0.25, 0.3) is 0 Å². The van der Waals surface area contributed by atoms with Gasteiger partial charge in [-0.1, -0.05) is 52.4 Å². The lowest BCUT2D eigenvalue weighted by Crippen LogP contribution is -2.22. The maximum atomic E-state index is 4.13. The summed E-state index contributed by atoms with van der Waals surface area (Å²) in [7, 11) is 0. The maximum Gasteiger partial charge on any atom is 0.115 e. The van der Waals surface area contributed by atoms with Gasteiger partial charge in [-0.2, -0.15) is 0 Å². The van der Waals surface area contributed by atoms with Crippen LogP contribution in [0.4, 0.5) is 0 Å². The van der Waals surface area contributed by atoms with E-state index in [-0.39, 0.29) is 0 Å². The van der Waals surface area contributed by atoms with Crippen LogP contribution < -0.4 is 5.32 Å². The van der Waals surface area contributed by atoms with Crippen LogP contribution >= 0.6 is 0 Å². The summed E-state index contributed by atoms with van der Waals surface area (Å²) in [6.07, 6.45) is 15.9. The Kier molecular flexibility index (Phi) is 9.25. The number of hydrogen-bond donors (Lipinski definition) is 1. The van der Waals surface area contributed by atoms with E-state index in [1.54, 1.807) is 6.33 Å². The highest BCUT2D eigenvalue weighted by Crippen LogP contribution is 2.19. The van der Waals surface area contributed by atoms with Gasteiger partial charge in [-0.3, -0.25) is 0 Å². The van der Waals surface area contributed by atoms with Crippen molar-refractivity contribution >= 4 is 0 Å². The van der Waals surface area contributed by atoms with Crippen molar-refractivity contribution < 1.29 is 0 Å². The molecule has 0 radical (unpaired) electrons. The standard InChI is InChI=1S/C16H29N3/c1-3-5-6-7-8-9-10-16(19-11-4-2)15-12-17-14-18-13-15/h12-14,16,19H,3-11H2,1-2H3. The summed E-state index contributed by atoms with van der Waals surface area (Å²) in [6.45, 7) is 5.53. The summed E-state index contributed by atoms with van der Waals surface area (Å²) in [5.74, 6) is 0. The third-order valence-corrected chi connectivity index (χ3v) is 3.47. The summed E-state index contributed by atoms with van der Waals surface area (Å²) >= 11 is 0. The first-order valence-electron chi connectivity index (χ1n) is 7.86. The van der Waals surface area contributed by atoms with Gasteiger partial charge >= 0.3 is 0 Å². The first-order chi connectivity index (χ1) is 9.38. The van der Waals surface area contributed by atoms with Gasteiger partial charge in [0, 0.05) is 24.0 Å². The molecule has 1 N–H and O–H groups in total. The van der Waals surface area contributed by atoms with Crippen LogP contribution in [-0.2, 0) is 0 Å². The zero-order valence-electron chi connectivity index (χ0n) is 12.6. The molecule has 0 spiro atoms. The number of nitrogens with one attached hydrogen (secondary N) is 1. The van der Waals surface area contributed by atoms with Gasteiger partial charge in [0.05, 0.1) is 0 Å². The van der Waals surface area contributed by atoms with E-state index < -0.39 is 0 Å². The Morgan fingerprint density at radius 3 is 2.32 bits per heavy atom. The number of hydrogen-bond acceptors (Lipinski definition) is 3. The minimum Gasteiger partial charge on any atom is -0.310 e. The maximum absolute atomic E-state index is 4.13. The molecule has 0 bridgehead atoms. The van der Waals surface area contributed by atoms with Crippen molar-refractivity contribution in [3.8, 4) is 0 Å². The Balaban J connectivity index is 2.30. The van der Waals surface area contributed by atoms with E-state index in [9.17, 15) is 0 Å². The Hall–Kier alpha value is -0.960. The molecular formula is C16H29N3. The molecule has 108 valence electrons. The Bertz CT molecular complexity index is 300. The van der Waals surface area contributed by atoms with E-state index in [0.717, 1.165) is 6.54 Å². The van der Waals surface area contributed by atoms with E-state index in [2.05, 4.69) is 29.1 Å². The fourth-order valence-electron chi connectivity index (χ4n) is 2.32. The highest BCUT2D eigenvalue weighted by Gasteiger charge is 2.10. The molecule has 0 amide bonds. The van der Waals surface area contributed by atoms with Gasteiger partial charge in [-0.25, -0.2) is 9.97 Å². The zero-order valence-corrected chi connectivity index (χ0v) is 12.6. The second-order valence-corrected chi connectivity index (χ2v) is 5.23. The van der Waals surface area contributed by atoms with Gasteiger partial charge in [-0.05, 0) is 19.4 Å². The van der Waals surface area contributed by atoms with Crippen molar-refractivity contribution in [2.24, 2.45) is 0 Å². The molecule has 1 aromatic heterocycles. The average molecular weight is 263 g/mol. The molecule has 0 aliphatic carbocycles. The lowest BCUT2D eigenvalue weighted by molar-refractivity contribution is 0.464. The van der Waals surface area contributed by atoms with Crippen LogP contribution in [0.15, 0.2) is 18.7 Å². The molecule has 0 saturated heterocycles. The second-order valence-electron chi connectivity index (χ2n) is 5.23. The topological polar surface area (TPSA) is 37.8 Å². The normalized spacial score (nSPS) is 12.5. The van der Waals surface area contributed by atoms with Crippen molar-refractivity contribution in [2.45, 2.75) is 71.3 Å². The molecule has 0 fully saturated rings. The largest absolute Gasteiger partial charge is 0.310 e. The van der Waals surface area contributed by atoms with Crippen LogP contribution in [0.1, 0.15) is 76.8 Å². The predicted octanol–water partition coefficient (Wildman–Crippen LogP) is 4.27. The molecule has 1 atom stereocenters. The summed E-state index contributed by atoms with van der Waals surface area (Å²) in [5.41, 5.74) is 1.23. The van der Waals surface area contributed by atoms with Gasteiger partial charge < -0.3 is 5.32 Å². The van der Waals surface area contributed by atoms with Crippen molar-refractivity contribution in [1.29, 1.82) is 0 Å². The van der Waals surface area contributed by atoms with Gasteiger partial charge in [0.2, 0.25) is 0 Å². The number of rotatable bonds is 11. The Morgan fingerprint density at radius 2 is 1.63 bits per heavy atom. The summed E-state index contributed by atoms with van der Waals surface area (Å²) in [6, 6.07) is 0.423. The second kappa shape index (κ2) is 10.9. The van der Waals surface area contributed by atoms with Crippen LogP contribution in [0.5, 0.6) is 0 Å². The number of aromatic nitrogens is 2. The summed E-state index contributed by atoms with van der Waals surface area (Å²) in [5, 5.41) is 3.61. The van der Waals surface area contributed by atoms with Crippen LogP contribution in [0.2, 0.25) is 0 Å². The van der Waals surface area contributed by atoms with Gasteiger partial charge in [0.1, 0.15) is 6.33 Å². The lowest BCUT2D eigenvalue weighted by Gasteiger charge is -2.18. The molecule has 3 heteroatoms. The molecule has 1 unspecified atom stereocenters. The third-order valence-electron chi connectivity index (χ3n) is 3.47. The lowest BCUT2D eigenvalue weighted by atomic mass is 10.0. The number of nitrogens with zero attached hydrogens (tertiary/aromatic N) is 2. The molecule has 0 saturated carbocycles. The van der Waals surface area contributed by atoms with E-state index in [4.69, 9.17) is 0 Å². The first-order valence-corrected chi connectivity index (χ1v) is 7.86. The third kappa shape index (κ3) is 7.26. The van der Waals surface area contributed by atoms with Crippen LogP contribution in [0, 0.1) is 0 Å². The molecule has 1 rings (SSSR count). The van der Waals surface area contributed by atoms with Crippen molar-refractivity contribution in [1.82, 2.24) is 15.3 Å². The van der Waals surface area contributed by atoms with E-state index in [0.29, 0.717) is 6.04 Å². The van der Waals surface area contributed by atoms with Crippen LogP contribution in [-0.4, -0.2) is 16.5 Å². The van der Waals surface area contributed by atoms with Crippen molar-refractivity contribution in [3.63, 3.8) is 0 Å².